The first kappa shape index (κ1) is 20.1. The van der Waals surface area contributed by atoms with E-state index < -0.39 is 10.0 Å². The van der Waals surface area contributed by atoms with Gasteiger partial charge in [-0.1, -0.05) is 35.5 Å². The van der Waals surface area contributed by atoms with Crippen LogP contribution in [0.1, 0.15) is 0 Å². The number of carbonyl (C=O) groups is 1. The molecule has 0 aliphatic heterocycles. The summed E-state index contributed by atoms with van der Waals surface area (Å²) in [6.45, 7) is 0. The Labute approximate surface area is 170 Å². The van der Waals surface area contributed by atoms with Crippen LogP contribution in [0.2, 0.25) is 5.02 Å². The zero-order valence-corrected chi connectivity index (χ0v) is 17.7. The minimum atomic E-state index is -3.61. The summed E-state index contributed by atoms with van der Waals surface area (Å²) >= 11 is 8.94. The number of halogens is 1. The lowest BCUT2D eigenvalue weighted by Crippen LogP contribution is -2.22. The summed E-state index contributed by atoms with van der Waals surface area (Å²) < 4.78 is 27.4. The molecular weight excluding hydrogens is 426 g/mol. The van der Waals surface area contributed by atoms with Gasteiger partial charge >= 0.3 is 0 Å². The van der Waals surface area contributed by atoms with Gasteiger partial charge in [0.25, 0.3) is 0 Å². The monoisotopic (exact) mass is 441 g/mol. The van der Waals surface area contributed by atoms with Crippen molar-refractivity contribution in [3.8, 4) is 0 Å². The first-order valence-corrected chi connectivity index (χ1v) is 11.4. The first-order chi connectivity index (χ1) is 12.8. The molecule has 0 aliphatic carbocycles. The third kappa shape index (κ3) is 4.61. The van der Waals surface area contributed by atoms with Crippen molar-refractivity contribution in [3.05, 3.63) is 47.5 Å². The van der Waals surface area contributed by atoms with E-state index in [1.807, 2.05) is 24.3 Å². The second-order valence-corrected chi connectivity index (χ2v) is 10.5. The predicted molar refractivity (Wildman–Crippen MR) is 111 cm³/mol. The van der Waals surface area contributed by atoms with E-state index in [2.05, 4.69) is 10.3 Å². The Kier molecular flexibility index (Phi) is 6.07. The minimum absolute atomic E-state index is 0.0611. The number of fused-ring (bicyclic) bond motifs is 1. The van der Waals surface area contributed by atoms with Gasteiger partial charge < -0.3 is 5.32 Å². The van der Waals surface area contributed by atoms with Crippen molar-refractivity contribution < 1.29 is 13.2 Å². The number of thioether (sulfide) groups is 1. The Morgan fingerprint density at radius 2 is 2.00 bits per heavy atom. The summed E-state index contributed by atoms with van der Waals surface area (Å²) in [5.41, 5.74) is 1.16. The molecule has 27 heavy (non-hydrogen) atoms. The number of rotatable bonds is 6. The fraction of sp³-hybridized carbons (Fsp3) is 0.176. The highest BCUT2D eigenvalue weighted by molar-refractivity contribution is 8.01. The quantitative estimate of drug-likeness (QED) is 0.586. The maximum absolute atomic E-state index is 12.3. The molecule has 3 aromatic rings. The van der Waals surface area contributed by atoms with Crippen LogP contribution in [0.4, 0.5) is 5.69 Å². The van der Waals surface area contributed by atoms with E-state index in [4.69, 9.17) is 11.6 Å². The van der Waals surface area contributed by atoms with Crippen molar-refractivity contribution in [2.45, 2.75) is 9.24 Å². The number of hydrogen-bond acceptors (Lipinski definition) is 6. The van der Waals surface area contributed by atoms with Gasteiger partial charge in [-0.05, 0) is 30.3 Å². The van der Waals surface area contributed by atoms with Crippen LogP contribution >= 0.6 is 34.7 Å². The molecule has 0 bridgehead atoms. The third-order valence-electron chi connectivity index (χ3n) is 3.59. The average Bonchev–Trinajstić information content (AvgIpc) is 3.04. The molecule has 0 aliphatic rings. The van der Waals surface area contributed by atoms with E-state index >= 15 is 0 Å². The first-order valence-electron chi connectivity index (χ1n) is 7.77. The standard InChI is InChI=1S/C17H16ClN3O3S3/c1-21(2)27(23,24)11-7-8-12(18)14(9-11)19-16(22)10-25-17-20-13-5-3-4-6-15(13)26-17/h3-9H,10H2,1-2H3,(H,19,22). The van der Waals surface area contributed by atoms with Crippen LogP contribution in [-0.2, 0) is 14.8 Å². The van der Waals surface area contributed by atoms with Gasteiger partial charge in [0.2, 0.25) is 15.9 Å². The summed E-state index contributed by atoms with van der Waals surface area (Å²) in [6.07, 6.45) is 0. The number of amides is 1. The fourth-order valence-electron chi connectivity index (χ4n) is 2.20. The van der Waals surface area contributed by atoms with Gasteiger partial charge in [-0.25, -0.2) is 17.7 Å². The molecule has 0 radical (unpaired) electrons. The van der Waals surface area contributed by atoms with Gasteiger partial charge in [0.1, 0.15) is 0 Å². The van der Waals surface area contributed by atoms with Crippen LogP contribution in [0.25, 0.3) is 10.2 Å². The highest BCUT2D eigenvalue weighted by atomic mass is 35.5. The maximum atomic E-state index is 12.3. The molecule has 0 fully saturated rings. The van der Waals surface area contributed by atoms with E-state index in [9.17, 15) is 13.2 Å². The van der Waals surface area contributed by atoms with Crippen LogP contribution < -0.4 is 5.32 Å². The van der Waals surface area contributed by atoms with Gasteiger partial charge in [-0.15, -0.1) is 11.3 Å². The van der Waals surface area contributed by atoms with Crippen LogP contribution in [0.5, 0.6) is 0 Å². The molecule has 142 valence electrons. The fourth-order valence-corrected chi connectivity index (χ4v) is 5.16. The number of nitrogens with zero attached hydrogens (tertiary/aromatic N) is 2. The molecular formula is C17H16ClN3O3S3. The van der Waals surface area contributed by atoms with Crippen LogP contribution in [-0.4, -0.2) is 43.5 Å². The summed E-state index contributed by atoms with van der Waals surface area (Å²) in [6, 6.07) is 12.0. The molecule has 0 spiro atoms. The molecule has 0 atom stereocenters. The topological polar surface area (TPSA) is 79.4 Å². The van der Waals surface area contributed by atoms with Gasteiger partial charge in [0.15, 0.2) is 4.34 Å². The van der Waals surface area contributed by atoms with Gasteiger partial charge in [0.05, 0.1) is 31.6 Å². The van der Waals surface area contributed by atoms with Crippen LogP contribution in [0, 0.1) is 0 Å². The summed E-state index contributed by atoms with van der Waals surface area (Å²) in [7, 11) is -0.730. The van der Waals surface area contributed by atoms with Crippen molar-refractivity contribution in [1.29, 1.82) is 0 Å². The number of nitrogens with one attached hydrogen (secondary N) is 1. The lowest BCUT2D eigenvalue weighted by Gasteiger charge is -2.13. The second-order valence-electron chi connectivity index (χ2n) is 5.71. The number of thiazole rings is 1. The molecule has 1 amide bonds. The smallest absolute Gasteiger partial charge is 0.242 e. The Morgan fingerprint density at radius 1 is 1.26 bits per heavy atom. The number of anilines is 1. The molecule has 6 nitrogen and oxygen atoms in total. The highest BCUT2D eigenvalue weighted by Crippen LogP contribution is 2.30. The van der Waals surface area contributed by atoms with Gasteiger partial charge in [0, 0.05) is 14.1 Å². The minimum Gasteiger partial charge on any atom is -0.324 e. The number of benzene rings is 2. The van der Waals surface area contributed by atoms with Gasteiger partial charge in [-0.3, -0.25) is 4.79 Å². The maximum Gasteiger partial charge on any atom is 0.242 e. The molecule has 1 N–H and O–H groups in total. The Morgan fingerprint density at radius 3 is 2.70 bits per heavy atom. The number of hydrogen-bond donors (Lipinski definition) is 1. The van der Waals surface area contributed by atoms with E-state index in [1.165, 1.54) is 55.4 Å². The Balaban J connectivity index is 1.70. The number of para-hydroxylation sites is 1. The van der Waals surface area contributed by atoms with Gasteiger partial charge in [-0.2, -0.15) is 0 Å². The molecule has 1 aromatic heterocycles. The average molecular weight is 442 g/mol. The van der Waals surface area contributed by atoms with Crippen LogP contribution in [0.3, 0.4) is 0 Å². The Bertz CT molecular complexity index is 1060. The SMILES string of the molecule is CN(C)S(=O)(=O)c1ccc(Cl)c(NC(=O)CSc2nc3ccccc3s2)c1. The summed E-state index contributed by atoms with van der Waals surface area (Å²) in [5, 5.41) is 2.94. The molecule has 0 unspecified atom stereocenters. The Hall–Kier alpha value is -1.65. The molecule has 0 saturated carbocycles. The molecule has 1 heterocycles. The van der Waals surface area contributed by atoms with E-state index in [-0.39, 0.29) is 27.3 Å². The van der Waals surface area contributed by atoms with Crippen molar-refractivity contribution in [3.63, 3.8) is 0 Å². The molecule has 0 saturated heterocycles. The number of carbonyl (C=O) groups excluding carboxylic acids is 1. The molecule has 3 rings (SSSR count). The summed E-state index contributed by atoms with van der Waals surface area (Å²) in [4.78, 5) is 16.8. The van der Waals surface area contributed by atoms with E-state index in [0.717, 1.165) is 18.9 Å². The second kappa shape index (κ2) is 8.15. The number of aromatic nitrogens is 1. The highest BCUT2D eigenvalue weighted by Gasteiger charge is 2.19. The lowest BCUT2D eigenvalue weighted by molar-refractivity contribution is -0.113. The van der Waals surface area contributed by atoms with Crippen molar-refractivity contribution >= 4 is 66.5 Å². The zero-order chi connectivity index (χ0) is 19.6. The van der Waals surface area contributed by atoms with Crippen molar-refractivity contribution in [2.24, 2.45) is 0 Å². The normalized spacial score (nSPS) is 11.9. The number of sulfonamides is 1. The van der Waals surface area contributed by atoms with Crippen molar-refractivity contribution in [1.82, 2.24) is 9.29 Å². The molecule has 2 aromatic carbocycles. The van der Waals surface area contributed by atoms with E-state index in [1.54, 1.807) is 0 Å². The molecule has 10 heteroatoms. The van der Waals surface area contributed by atoms with Crippen molar-refractivity contribution in [2.75, 3.05) is 25.2 Å². The third-order valence-corrected chi connectivity index (χ3v) is 7.91. The largest absolute Gasteiger partial charge is 0.324 e. The predicted octanol–water partition coefficient (Wildman–Crippen LogP) is 3.93. The lowest BCUT2D eigenvalue weighted by atomic mass is 10.3. The van der Waals surface area contributed by atoms with E-state index in [0.29, 0.717) is 0 Å². The zero-order valence-electron chi connectivity index (χ0n) is 14.5. The van der Waals surface area contributed by atoms with Crippen LogP contribution in [0.15, 0.2) is 51.7 Å². The summed E-state index contributed by atoms with van der Waals surface area (Å²) in [5.74, 6) is -0.151.